The van der Waals surface area contributed by atoms with Gasteiger partial charge in [0.25, 0.3) is 0 Å². The average Bonchev–Trinajstić information content (AvgIpc) is 2.50. The first-order valence-corrected chi connectivity index (χ1v) is 6.90. The largest absolute Gasteiger partial charge is 0.450 e. The molecule has 0 bridgehead atoms. The fraction of sp³-hybridized carbons (Fsp3) is 0.267. The molecule has 22 heavy (non-hydrogen) atoms. The third-order valence-corrected chi connectivity index (χ3v) is 2.83. The predicted molar refractivity (Wildman–Crippen MR) is 86.7 cm³/mol. The Morgan fingerprint density at radius 1 is 1.09 bits per heavy atom. The zero-order chi connectivity index (χ0) is 15.9. The van der Waals surface area contributed by atoms with Crippen molar-refractivity contribution < 1.29 is 9.53 Å². The highest BCUT2D eigenvalue weighted by Gasteiger charge is 2.04. The second-order valence-electron chi connectivity index (χ2n) is 4.72. The molecule has 0 atom stereocenters. The molecule has 0 unspecified atom stereocenters. The molecule has 0 fully saturated rings. The maximum absolute atomic E-state index is 11.3. The van der Waals surface area contributed by atoms with Crippen molar-refractivity contribution in [1.82, 2.24) is 10.2 Å². The van der Waals surface area contributed by atoms with Crippen molar-refractivity contribution in [2.24, 2.45) is 0 Å². The molecule has 0 aliphatic rings. The number of carbonyl (C=O) groups excluding carboxylic acids is 1. The summed E-state index contributed by atoms with van der Waals surface area (Å²) in [5.41, 5.74) is 2.02. The molecule has 1 amide bonds. The highest BCUT2D eigenvalue weighted by molar-refractivity contribution is 5.83. The standard InChI is InChI=1S/C15H19N5O2/c1-4-22-15(21)17-14-10-9-13(18-19-14)16-11-5-7-12(8-6-11)20(2)3/h5-10H,4H2,1-3H3,(H,16,18)(H,17,19,21). The average molecular weight is 301 g/mol. The molecule has 0 radical (unpaired) electrons. The van der Waals surface area contributed by atoms with Crippen molar-refractivity contribution in [3.05, 3.63) is 36.4 Å². The number of nitrogens with zero attached hydrogens (tertiary/aromatic N) is 3. The Morgan fingerprint density at radius 3 is 2.27 bits per heavy atom. The Labute approximate surface area is 129 Å². The summed E-state index contributed by atoms with van der Waals surface area (Å²) in [6.07, 6.45) is -0.545. The van der Waals surface area contributed by atoms with Crippen LogP contribution in [0.4, 0.5) is 27.8 Å². The molecule has 0 aliphatic carbocycles. The summed E-state index contributed by atoms with van der Waals surface area (Å²) in [6.45, 7) is 2.04. The summed E-state index contributed by atoms with van der Waals surface area (Å²) in [6, 6.07) is 11.3. The molecular weight excluding hydrogens is 282 g/mol. The van der Waals surface area contributed by atoms with Gasteiger partial charge in [-0.15, -0.1) is 10.2 Å². The summed E-state index contributed by atoms with van der Waals surface area (Å²) in [7, 11) is 3.98. The Kier molecular flexibility index (Phi) is 5.13. The van der Waals surface area contributed by atoms with Crippen LogP contribution < -0.4 is 15.5 Å². The molecule has 7 heteroatoms. The fourth-order valence-corrected chi connectivity index (χ4v) is 1.73. The summed E-state index contributed by atoms with van der Waals surface area (Å²) >= 11 is 0. The van der Waals surface area contributed by atoms with Crippen LogP contribution in [0, 0.1) is 0 Å². The van der Waals surface area contributed by atoms with Gasteiger partial charge in [0.15, 0.2) is 11.6 Å². The molecule has 0 saturated carbocycles. The van der Waals surface area contributed by atoms with Crippen LogP contribution >= 0.6 is 0 Å². The predicted octanol–water partition coefficient (Wildman–Crippen LogP) is 2.85. The first-order valence-electron chi connectivity index (χ1n) is 6.90. The van der Waals surface area contributed by atoms with Gasteiger partial charge in [-0.05, 0) is 43.3 Å². The lowest BCUT2D eigenvalue weighted by Crippen LogP contribution is -2.14. The van der Waals surface area contributed by atoms with E-state index in [2.05, 4.69) is 20.8 Å². The van der Waals surface area contributed by atoms with E-state index in [1.54, 1.807) is 19.1 Å². The minimum absolute atomic E-state index is 0.307. The molecule has 1 aromatic heterocycles. The maximum atomic E-state index is 11.3. The number of benzene rings is 1. The Balaban J connectivity index is 1.97. The maximum Gasteiger partial charge on any atom is 0.412 e. The minimum atomic E-state index is -0.545. The molecule has 2 aromatic rings. The van der Waals surface area contributed by atoms with Crippen molar-refractivity contribution in [2.75, 3.05) is 36.2 Å². The first kappa shape index (κ1) is 15.6. The normalized spacial score (nSPS) is 9.95. The number of hydrogen-bond donors (Lipinski definition) is 2. The van der Waals surface area contributed by atoms with Crippen LogP contribution in [0.3, 0.4) is 0 Å². The quantitative estimate of drug-likeness (QED) is 0.884. The number of nitrogens with one attached hydrogen (secondary N) is 2. The molecule has 2 rings (SSSR count). The Bertz CT molecular complexity index is 611. The first-order chi connectivity index (χ1) is 10.6. The van der Waals surface area contributed by atoms with Crippen molar-refractivity contribution in [3.63, 3.8) is 0 Å². The fourth-order valence-electron chi connectivity index (χ4n) is 1.73. The van der Waals surface area contributed by atoms with Crippen LogP contribution in [0.1, 0.15) is 6.92 Å². The van der Waals surface area contributed by atoms with Gasteiger partial charge in [-0.1, -0.05) is 0 Å². The van der Waals surface area contributed by atoms with Gasteiger partial charge >= 0.3 is 6.09 Å². The van der Waals surface area contributed by atoms with E-state index >= 15 is 0 Å². The monoisotopic (exact) mass is 301 g/mol. The minimum Gasteiger partial charge on any atom is -0.450 e. The third-order valence-electron chi connectivity index (χ3n) is 2.83. The summed E-state index contributed by atoms with van der Waals surface area (Å²) in [4.78, 5) is 13.3. The van der Waals surface area contributed by atoms with E-state index in [0.717, 1.165) is 11.4 Å². The smallest absolute Gasteiger partial charge is 0.412 e. The SMILES string of the molecule is CCOC(=O)Nc1ccc(Nc2ccc(N(C)C)cc2)nn1. The second-order valence-corrected chi connectivity index (χ2v) is 4.72. The van der Waals surface area contributed by atoms with E-state index in [0.29, 0.717) is 18.2 Å². The molecule has 7 nitrogen and oxygen atoms in total. The lowest BCUT2D eigenvalue weighted by atomic mass is 10.2. The summed E-state index contributed by atoms with van der Waals surface area (Å²) in [5, 5.41) is 13.5. The number of ether oxygens (including phenoxy) is 1. The summed E-state index contributed by atoms with van der Waals surface area (Å²) < 4.78 is 4.76. The number of rotatable bonds is 5. The van der Waals surface area contributed by atoms with Gasteiger partial charge in [-0.2, -0.15) is 0 Å². The van der Waals surface area contributed by atoms with Gasteiger partial charge in [0.1, 0.15) is 0 Å². The van der Waals surface area contributed by atoms with E-state index in [-0.39, 0.29) is 0 Å². The molecule has 0 aliphatic heterocycles. The molecule has 1 heterocycles. The highest BCUT2D eigenvalue weighted by Crippen LogP contribution is 2.19. The Morgan fingerprint density at radius 2 is 1.73 bits per heavy atom. The van der Waals surface area contributed by atoms with Crippen LogP contribution in [0.15, 0.2) is 36.4 Å². The van der Waals surface area contributed by atoms with Crippen molar-refractivity contribution in [1.29, 1.82) is 0 Å². The van der Waals surface area contributed by atoms with Crippen LogP contribution in [0.2, 0.25) is 0 Å². The van der Waals surface area contributed by atoms with Gasteiger partial charge in [-0.3, -0.25) is 5.32 Å². The van der Waals surface area contributed by atoms with E-state index in [4.69, 9.17) is 4.74 Å². The highest BCUT2D eigenvalue weighted by atomic mass is 16.5. The Hall–Kier alpha value is -2.83. The lowest BCUT2D eigenvalue weighted by Gasteiger charge is -2.13. The van der Waals surface area contributed by atoms with E-state index < -0.39 is 6.09 Å². The topological polar surface area (TPSA) is 79.4 Å². The van der Waals surface area contributed by atoms with E-state index in [1.165, 1.54) is 0 Å². The second kappa shape index (κ2) is 7.26. The van der Waals surface area contributed by atoms with Crippen LogP contribution in [0.25, 0.3) is 0 Å². The van der Waals surface area contributed by atoms with Crippen molar-refractivity contribution in [3.8, 4) is 0 Å². The third kappa shape index (κ3) is 4.34. The summed E-state index contributed by atoms with van der Waals surface area (Å²) in [5.74, 6) is 0.930. The van der Waals surface area contributed by atoms with Crippen LogP contribution in [-0.4, -0.2) is 37.0 Å². The van der Waals surface area contributed by atoms with Gasteiger partial charge in [0, 0.05) is 25.5 Å². The van der Waals surface area contributed by atoms with Gasteiger partial charge < -0.3 is 15.0 Å². The molecule has 1 aromatic carbocycles. The lowest BCUT2D eigenvalue weighted by molar-refractivity contribution is 0.168. The molecule has 0 saturated heterocycles. The molecule has 0 spiro atoms. The molecular formula is C15H19N5O2. The van der Waals surface area contributed by atoms with Crippen LogP contribution in [0.5, 0.6) is 0 Å². The molecule has 116 valence electrons. The van der Waals surface area contributed by atoms with E-state index in [1.807, 2.05) is 43.3 Å². The van der Waals surface area contributed by atoms with Crippen molar-refractivity contribution >= 4 is 29.1 Å². The zero-order valence-corrected chi connectivity index (χ0v) is 12.8. The van der Waals surface area contributed by atoms with Gasteiger partial charge in [0.05, 0.1) is 6.61 Å². The number of carbonyl (C=O) groups is 1. The number of amides is 1. The number of anilines is 4. The van der Waals surface area contributed by atoms with Gasteiger partial charge in [0.2, 0.25) is 0 Å². The number of aromatic nitrogens is 2. The van der Waals surface area contributed by atoms with Gasteiger partial charge in [-0.25, -0.2) is 4.79 Å². The molecule has 2 N–H and O–H groups in total. The number of hydrogen-bond acceptors (Lipinski definition) is 6. The van der Waals surface area contributed by atoms with Crippen molar-refractivity contribution in [2.45, 2.75) is 6.92 Å². The van der Waals surface area contributed by atoms with E-state index in [9.17, 15) is 4.79 Å². The van der Waals surface area contributed by atoms with Crippen LogP contribution in [-0.2, 0) is 4.74 Å². The zero-order valence-electron chi connectivity index (χ0n) is 12.8.